The third-order valence-electron chi connectivity index (χ3n) is 4.92. The molecular formula is C21H37N5O. The summed E-state index contributed by atoms with van der Waals surface area (Å²) in [4.78, 5) is 9.22. The molecule has 0 atom stereocenters. The first-order valence-corrected chi connectivity index (χ1v) is 10.2. The van der Waals surface area contributed by atoms with Gasteiger partial charge in [0.1, 0.15) is 0 Å². The van der Waals surface area contributed by atoms with Crippen molar-refractivity contribution in [2.75, 3.05) is 60.0 Å². The van der Waals surface area contributed by atoms with Crippen LogP contribution in [0.3, 0.4) is 0 Å². The van der Waals surface area contributed by atoms with Gasteiger partial charge >= 0.3 is 0 Å². The number of piperazine rings is 1. The number of guanidine groups is 1. The van der Waals surface area contributed by atoms with Gasteiger partial charge in [0.05, 0.1) is 0 Å². The molecule has 0 spiro atoms. The van der Waals surface area contributed by atoms with Gasteiger partial charge in [0.2, 0.25) is 0 Å². The molecule has 27 heavy (non-hydrogen) atoms. The van der Waals surface area contributed by atoms with Crippen LogP contribution in [0.2, 0.25) is 0 Å². The van der Waals surface area contributed by atoms with Crippen molar-refractivity contribution in [3.63, 3.8) is 0 Å². The van der Waals surface area contributed by atoms with Crippen LogP contribution in [-0.2, 0) is 17.8 Å². The van der Waals surface area contributed by atoms with E-state index in [1.54, 1.807) is 0 Å². The van der Waals surface area contributed by atoms with Crippen LogP contribution in [0, 0.1) is 0 Å². The Bertz CT molecular complexity index is 538. The molecule has 0 aliphatic carbocycles. The van der Waals surface area contributed by atoms with Crippen LogP contribution in [0.1, 0.15) is 30.9 Å². The number of rotatable bonds is 10. The number of likely N-dealkylation sites (N-methyl/N-ethyl adjacent to an activating group) is 1. The van der Waals surface area contributed by atoms with E-state index in [1.165, 1.54) is 24.2 Å². The third-order valence-corrected chi connectivity index (χ3v) is 4.92. The van der Waals surface area contributed by atoms with E-state index in [0.29, 0.717) is 0 Å². The lowest BCUT2D eigenvalue weighted by Gasteiger charge is -2.32. The van der Waals surface area contributed by atoms with Crippen molar-refractivity contribution in [3.05, 3.63) is 35.4 Å². The van der Waals surface area contributed by atoms with E-state index in [4.69, 9.17) is 4.74 Å². The van der Waals surface area contributed by atoms with Gasteiger partial charge in [0, 0.05) is 66.1 Å². The summed E-state index contributed by atoms with van der Waals surface area (Å²) in [7, 11) is 4.01. The summed E-state index contributed by atoms with van der Waals surface area (Å²) < 4.78 is 5.36. The van der Waals surface area contributed by atoms with Crippen molar-refractivity contribution < 1.29 is 4.74 Å². The first kappa shape index (κ1) is 21.7. The van der Waals surface area contributed by atoms with E-state index in [9.17, 15) is 0 Å². The van der Waals surface area contributed by atoms with E-state index in [-0.39, 0.29) is 0 Å². The lowest BCUT2D eigenvalue weighted by atomic mass is 10.1. The Kier molecular flexibility index (Phi) is 10.2. The van der Waals surface area contributed by atoms with Gasteiger partial charge in [-0.3, -0.25) is 9.89 Å². The maximum absolute atomic E-state index is 5.36. The summed E-state index contributed by atoms with van der Waals surface area (Å²) in [5.41, 5.74) is 2.66. The summed E-state index contributed by atoms with van der Waals surface area (Å²) >= 11 is 0. The van der Waals surface area contributed by atoms with Crippen LogP contribution >= 0.6 is 0 Å². The Morgan fingerprint density at radius 3 is 2.41 bits per heavy atom. The van der Waals surface area contributed by atoms with Gasteiger partial charge in [-0.25, -0.2) is 0 Å². The molecule has 1 aliphatic rings. The topological polar surface area (TPSA) is 52.1 Å². The summed E-state index contributed by atoms with van der Waals surface area (Å²) in [6, 6.07) is 8.93. The number of nitrogens with one attached hydrogen (secondary N) is 2. The molecule has 0 unspecified atom stereocenters. The van der Waals surface area contributed by atoms with Crippen molar-refractivity contribution in [1.82, 2.24) is 20.4 Å². The van der Waals surface area contributed by atoms with Gasteiger partial charge < -0.3 is 20.3 Å². The second-order valence-electron chi connectivity index (χ2n) is 7.15. The fourth-order valence-corrected chi connectivity index (χ4v) is 3.11. The van der Waals surface area contributed by atoms with E-state index in [0.717, 1.165) is 64.7 Å². The fraction of sp³-hybridized carbons (Fsp3) is 0.667. The van der Waals surface area contributed by atoms with E-state index >= 15 is 0 Å². The summed E-state index contributed by atoms with van der Waals surface area (Å²) in [6.45, 7) is 11.1. The summed E-state index contributed by atoms with van der Waals surface area (Å²) in [5.74, 6) is 0.855. The lowest BCUT2D eigenvalue weighted by molar-refractivity contribution is 0.143. The molecular weight excluding hydrogens is 338 g/mol. The van der Waals surface area contributed by atoms with Gasteiger partial charge in [-0.05, 0) is 37.9 Å². The zero-order chi connectivity index (χ0) is 19.3. The Morgan fingerprint density at radius 2 is 1.74 bits per heavy atom. The smallest absolute Gasteiger partial charge is 0.191 e. The lowest BCUT2D eigenvalue weighted by Crippen LogP contribution is -2.43. The molecule has 0 aromatic heterocycles. The number of aliphatic imine (C=N–C) groups is 1. The number of hydrogen-bond acceptors (Lipinski definition) is 4. The predicted octanol–water partition coefficient (Wildman–Crippen LogP) is 1.92. The summed E-state index contributed by atoms with van der Waals surface area (Å²) in [6.07, 6.45) is 2.16. The number of benzene rings is 1. The molecule has 1 aromatic rings. The maximum atomic E-state index is 5.36. The Hall–Kier alpha value is -1.63. The van der Waals surface area contributed by atoms with E-state index in [2.05, 4.69) is 56.7 Å². The minimum Gasteiger partial charge on any atom is -0.382 e. The van der Waals surface area contributed by atoms with Crippen molar-refractivity contribution in [3.8, 4) is 0 Å². The highest BCUT2D eigenvalue weighted by atomic mass is 16.5. The number of hydrogen-bond donors (Lipinski definition) is 2. The number of ether oxygens (including phenoxy) is 1. The largest absolute Gasteiger partial charge is 0.382 e. The Labute approximate surface area is 165 Å². The molecule has 1 fully saturated rings. The van der Waals surface area contributed by atoms with Crippen molar-refractivity contribution in [2.24, 2.45) is 4.99 Å². The second-order valence-corrected chi connectivity index (χ2v) is 7.15. The molecule has 1 aromatic carbocycles. The second kappa shape index (κ2) is 12.7. The molecule has 0 bridgehead atoms. The van der Waals surface area contributed by atoms with Crippen LogP contribution in [0.5, 0.6) is 0 Å². The zero-order valence-corrected chi connectivity index (χ0v) is 17.3. The van der Waals surface area contributed by atoms with E-state index < -0.39 is 0 Å². The molecule has 0 saturated carbocycles. The van der Waals surface area contributed by atoms with Gasteiger partial charge in [0.25, 0.3) is 0 Å². The molecule has 1 aliphatic heterocycles. The SMILES string of the molecule is CCOCCCCNC(=NC)NCc1ccc(CN2CCN(C)CC2)cc1. The minimum atomic E-state index is 0.785. The Balaban J connectivity index is 1.66. The van der Waals surface area contributed by atoms with Crippen LogP contribution in [-0.4, -0.2) is 75.8 Å². The van der Waals surface area contributed by atoms with Crippen LogP contribution in [0.4, 0.5) is 0 Å². The third kappa shape index (κ3) is 8.73. The van der Waals surface area contributed by atoms with Gasteiger partial charge in [0.15, 0.2) is 5.96 Å². The molecule has 2 rings (SSSR count). The first-order valence-electron chi connectivity index (χ1n) is 10.2. The molecule has 1 heterocycles. The molecule has 6 heteroatoms. The molecule has 0 radical (unpaired) electrons. The van der Waals surface area contributed by atoms with Crippen LogP contribution < -0.4 is 10.6 Å². The van der Waals surface area contributed by atoms with Crippen molar-refractivity contribution in [2.45, 2.75) is 32.9 Å². The predicted molar refractivity (Wildman–Crippen MR) is 113 cm³/mol. The quantitative estimate of drug-likeness (QED) is 0.372. The number of unbranched alkanes of at least 4 members (excludes halogenated alkanes) is 1. The highest BCUT2D eigenvalue weighted by Gasteiger charge is 2.13. The average Bonchev–Trinajstić information content (AvgIpc) is 2.70. The van der Waals surface area contributed by atoms with E-state index in [1.807, 2.05) is 14.0 Å². The van der Waals surface area contributed by atoms with Gasteiger partial charge in [-0.15, -0.1) is 0 Å². The first-order chi connectivity index (χ1) is 13.2. The molecule has 0 amide bonds. The summed E-state index contributed by atoms with van der Waals surface area (Å²) in [5, 5.41) is 6.74. The minimum absolute atomic E-state index is 0.785. The highest BCUT2D eigenvalue weighted by molar-refractivity contribution is 5.79. The number of nitrogens with zero attached hydrogens (tertiary/aromatic N) is 3. The molecule has 6 nitrogen and oxygen atoms in total. The molecule has 2 N–H and O–H groups in total. The fourth-order valence-electron chi connectivity index (χ4n) is 3.11. The normalized spacial score (nSPS) is 16.5. The molecule has 1 saturated heterocycles. The molecule has 152 valence electrons. The maximum Gasteiger partial charge on any atom is 0.191 e. The average molecular weight is 376 g/mol. The van der Waals surface area contributed by atoms with Gasteiger partial charge in [-0.2, -0.15) is 0 Å². The van der Waals surface area contributed by atoms with Crippen molar-refractivity contribution in [1.29, 1.82) is 0 Å². The van der Waals surface area contributed by atoms with Crippen LogP contribution in [0.25, 0.3) is 0 Å². The monoisotopic (exact) mass is 375 g/mol. The highest BCUT2D eigenvalue weighted by Crippen LogP contribution is 2.09. The van der Waals surface area contributed by atoms with Crippen LogP contribution in [0.15, 0.2) is 29.3 Å². The Morgan fingerprint density at radius 1 is 1.04 bits per heavy atom. The van der Waals surface area contributed by atoms with Gasteiger partial charge in [-0.1, -0.05) is 24.3 Å². The zero-order valence-electron chi connectivity index (χ0n) is 17.3. The standard InChI is InChI=1S/C21H37N5O/c1-4-27-16-6-5-11-23-21(22-2)24-17-19-7-9-20(10-8-19)18-26-14-12-25(3)13-15-26/h7-10H,4-6,11-18H2,1-3H3,(H2,22,23,24). The van der Waals surface area contributed by atoms with Crippen molar-refractivity contribution >= 4 is 5.96 Å².